The normalized spacial score (nSPS) is 31.9. The van der Waals surface area contributed by atoms with Gasteiger partial charge in [0.15, 0.2) is 0 Å². The van der Waals surface area contributed by atoms with Crippen molar-refractivity contribution in [1.82, 2.24) is 5.32 Å². The van der Waals surface area contributed by atoms with Crippen LogP contribution in [0.5, 0.6) is 0 Å². The van der Waals surface area contributed by atoms with E-state index in [2.05, 4.69) is 5.32 Å². The van der Waals surface area contributed by atoms with Crippen molar-refractivity contribution >= 4 is 5.91 Å². The van der Waals surface area contributed by atoms with Gasteiger partial charge in [-0.05, 0) is 50.4 Å². The van der Waals surface area contributed by atoms with Crippen molar-refractivity contribution in [3.63, 3.8) is 0 Å². The second-order valence-electron chi connectivity index (χ2n) is 5.36. The van der Waals surface area contributed by atoms with Crippen LogP contribution in [0, 0.1) is 17.8 Å². The van der Waals surface area contributed by atoms with Gasteiger partial charge < -0.3 is 10.4 Å². The molecule has 2 aliphatic carbocycles. The molecule has 0 radical (unpaired) electrons. The Balaban J connectivity index is 1.61. The van der Waals surface area contributed by atoms with Gasteiger partial charge in [-0.25, -0.2) is 0 Å². The molecule has 2 rings (SSSR count). The Kier molecular flexibility index (Phi) is 4.22. The number of aliphatic hydroxyl groups is 1. The number of amides is 1. The SMILES string of the molecule is O=C(NCCCCCO)C1CC2CCC1C2. The van der Waals surface area contributed by atoms with E-state index in [1.807, 2.05) is 0 Å². The molecule has 16 heavy (non-hydrogen) atoms. The quantitative estimate of drug-likeness (QED) is 0.676. The average Bonchev–Trinajstić information content (AvgIpc) is 2.90. The number of hydrogen-bond acceptors (Lipinski definition) is 2. The molecule has 2 N–H and O–H groups in total. The summed E-state index contributed by atoms with van der Waals surface area (Å²) in [6.45, 7) is 1.05. The number of fused-ring (bicyclic) bond motifs is 2. The molecule has 2 saturated carbocycles. The van der Waals surface area contributed by atoms with Crippen LogP contribution in [0.1, 0.15) is 44.9 Å². The van der Waals surface area contributed by atoms with Crippen LogP contribution in [0.3, 0.4) is 0 Å². The summed E-state index contributed by atoms with van der Waals surface area (Å²) in [4.78, 5) is 11.9. The minimum atomic E-state index is 0.264. The molecule has 2 bridgehead atoms. The first kappa shape index (κ1) is 11.9. The van der Waals surface area contributed by atoms with Crippen LogP contribution >= 0.6 is 0 Å². The standard InChI is InChI=1S/C13H23NO2/c15-7-3-1-2-6-14-13(16)12-9-10-4-5-11(12)8-10/h10-12,15H,1-9H2,(H,14,16). The van der Waals surface area contributed by atoms with E-state index in [9.17, 15) is 4.79 Å². The Labute approximate surface area is 97.6 Å². The number of hydrogen-bond donors (Lipinski definition) is 2. The predicted octanol–water partition coefficient (Wildman–Crippen LogP) is 1.70. The van der Waals surface area contributed by atoms with Gasteiger partial charge in [0.2, 0.25) is 5.91 Å². The maximum atomic E-state index is 11.9. The molecule has 3 atom stereocenters. The highest BCUT2D eigenvalue weighted by molar-refractivity contribution is 5.79. The summed E-state index contributed by atoms with van der Waals surface area (Å²) in [5, 5.41) is 11.7. The largest absolute Gasteiger partial charge is 0.396 e. The van der Waals surface area contributed by atoms with Crippen molar-refractivity contribution < 1.29 is 9.90 Å². The maximum Gasteiger partial charge on any atom is 0.223 e. The minimum absolute atomic E-state index is 0.264. The molecule has 3 unspecified atom stereocenters. The first-order valence-corrected chi connectivity index (χ1v) is 6.70. The lowest BCUT2D eigenvalue weighted by Crippen LogP contribution is -2.34. The molecular weight excluding hydrogens is 202 g/mol. The first-order chi connectivity index (χ1) is 7.81. The molecule has 2 aliphatic rings. The minimum Gasteiger partial charge on any atom is -0.396 e. The van der Waals surface area contributed by atoms with Crippen molar-refractivity contribution in [2.45, 2.75) is 44.9 Å². The van der Waals surface area contributed by atoms with E-state index in [4.69, 9.17) is 5.11 Å². The van der Waals surface area contributed by atoms with E-state index < -0.39 is 0 Å². The highest BCUT2D eigenvalue weighted by Gasteiger charge is 2.42. The summed E-state index contributed by atoms with van der Waals surface area (Å²) in [6.07, 6.45) is 7.90. The van der Waals surface area contributed by atoms with Crippen molar-refractivity contribution in [3.05, 3.63) is 0 Å². The maximum absolute atomic E-state index is 11.9. The summed E-state index contributed by atoms with van der Waals surface area (Å²) in [7, 11) is 0. The Morgan fingerprint density at radius 3 is 2.69 bits per heavy atom. The Morgan fingerprint density at radius 2 is 2.06 bits per heavy atom. The van der Waals surface area contributed by atoms with E-state index in [1.165, 1.54) is 19.3 Å². The molecule has 0 aliphatic heterocycles. The highest BCUT2D eigenvalue weighted by Crippen LogP contribution is 2.48. The third-order valence-electron chi connectivity index (χ3n) is 4.21. The average molecular weight is 225 g/mol. The van der Waals surface area contributed by atoms with Crippen molar-refractivity contribution in [3.8, 4) is 0 Å². The van der Waals surface area contributed by atoms with Gasteiger partial charge in [0.25, 0.3) is 0 Å². The second kappa shape index (κ2) is 5.67. The summed E-state index contributed by atoms with van der Waals surface area (Å²) in [5.41, 5.74) is 0. The van der Waals surface area contributed by atoms with Crippen molar-refractivity contribution in [2.24, 2.45) is 17.8 Å². The van der Waals surface area contributed by atoms with Gasteiger partial charge in [0.05, 0.1) is 0 Å². The molecule has 2 fully saturated rings. The van der Waals surface area contributed by atoms with Gasteiger partial charge in [-0.1, -0.05) is 6.42 Å². The van der Waals surface area contributed by atoms with Crippen molar-refractivity contribution in [2.75, 3.05) is 13.2 Å². The van der Waals surface area contributed by atoms with E-state index in [1.54, 1.807) is 0 Å². The number of unbranched alkanes of at least 4 members (excludes halogenated alkanes) is 2. The van der Waals surface area contributed by atoms with Crippen LogP contribution in [0.2, 0.25) is 0 Å². The number of nitrogens with one attached hydrogen (secondary N) is 1. The molecule has 1 amide bonds. The van der Waals surface area contributed by atoms with Gasteiger partial charge in [-0.15, -0.1) is 0 Å². The topological polar surface area (TPSA) is 49.3 Å². The van der Waals surface area contributed by atoms with Crippen LogP contribution in [0.25, 0.3) is 0 Å². The number of carbonyl (C=O) groups excluding carboxylic acids is 1. The molecule has 0 aromatic heterocycles. The van der Waals surface area contributed by atoms with Crippen LogP contribution in [-0.4, -0.2) is 24.2 Å². The lowest BCUT2D eigenvalue weighted by atomic mass is 9.88. The fraction of sp³-hybridized carbons (Fsp3) is 0.923. The van der Waals surface area contributed by atoms with Crippen LogP contribution < -0.4 is 5.32 Å². The number of rotatable bonds is 6. The van der Waals surface area contributed by atoms with Crippen LogP contribution in [-0.2, 0) is 4.79 Å². The number of aliphatic hydroxyl groups excluding tert-OH is 1. The van der Waals surface area contributed by atoms with Crippen LogP contribution in [0.15, 0.2) is 0 Å². The van der Waals surface area contributed by atoms with Gasteiger partial charge in [-0.2, -0.15) is 0 Å². The molecule has 3 heteroatoms. The van der Waals surface area contributed by atoms with Crippen molar-refractivity contribution in [1.29, 1.82) is 0 Å². The zero-order valence-corrected chi connectivity index (χ0v) is 9.95. The summed E-state index contributed by atoms with van der Waals surface area (Å²) >= 11 is 0. The van der Waals surface area contributed by atoms with E-state index in [0.29, 0.717) is 11.8 Å². The van der Waals surface area contributed by atoms with Gasteiger partial charge in [0, 0.05) is 19.1 Å². The Hall–Kier alpha value is -0.570. The number of carbonyl (C=O) groups is 1. The zero-order valence-electron chi connectivity index (χ0n) is 9.95. The Bertz CT molecular complexity index is 242. The van der Waals surface area contributed by atoms with Gasteiger partial charge in [0.1, 0.15) is 0 Å². The van der Waals surface area contributed by atoms with E-state index >= 15 is 0 Å². The summed E-state index contributed by atoms with van der Waals surface area (Å²) < 4.78 is 0. The van der Waals surface area contributed by atoms with E-state index in [0.717, 1.165) is 38.1 Å². The molecule has 0 aromatic rings. The third kappa shape index (κ3) is 2.76. The molecule has 0 heterocycles. The summed E-state index contributed by atoms with van der Waals surface area (Å²) in [6, 6.07) is 0. The van der Waals surface area contributed by atoms with Gasteiger partial charge >= 0.3 is 0 Å². The molecule has 0 spiro atoms. The molecule has 0 saturated heterocycles. The lowest BCUT2D eigenvalue weighted by Gasteiger charge is -2.20. The molecule has 3 nitrogen and oxygen atoms in total. The first-order valence-electron chi connectivity index (χ1n) is 6.70. The van der Waals surface area contributed by atoms with E-state index in [-0.39, 0.29) is 12.5 Å². The fourth-order valence-electron chi connectivity index (χ4n) is 3.32. The molecular formula is C13H23NO2. The third-order valence-corrected chi connectivity index (χ3v) is 4.21. The zero-order chi connectivity index (χ0) is 11.4. The fourth-order valence-corrected chi connectivity index (χ4v) is 3.32. The molecule has 0 aromatic carbocycles. The predicted molar refractivity (Wildman–Crippen MR) is 62.9 cm³/mol. The lowest BCUT2D eigenvalue weighted by molar-refractivity contribution is -0.126. The Morgan fingerprint density at radius 1 is 1.19 bits per heavy atom. The van der Waals surface area contributed by atoms with Gasteiger partial charge in [-0.3, -0.25) is 4.79 Å². The molecule has 92 valence electrons. The monoisotopic (exact) mass is 225 g/mol. The highest BCUT2D eigenvalue weighted by atomic mass is 16.2. The second-order valence-corrected chi connectivity index (χ2v) is 5.36. The summed E-state index contributed by atoms with van der Waals surface area (Å²) in [5.74, 6) is 2.13. The van der Waals surface area contributed by atoms with Crippen LogP contribution in [0.4, 0.5) is 0 Å². The smallest absolute Gasteiger partial charge is 0.223 e.